The van der Waals surface area contributed by atoms with E-state index in [1.54, 1.807) is 13.4 Å². The van der Waals surface area contributed by atoms with Crippen molar-refractivity contribution in [3.05, 3.63) is 84.4 Å². The maximum absolute atomic E-state index is 5.26. The highest BCUT2D eigenvalue weighted by Crippen LogP contribution is 2.26. The maximum atomic E-state index is 5.26. The van der Waals surface area contributed by atoms with Gasteiger partial charge < -0.3 is 10.1 Å². The highest BCUT2D eigenvalue weighted by molar-refractivity contribution is 5.91. The minimum atomic E-state index is 0.777. The van der Waals surface area contributed by atoms with Crippen molar-refractivity contribution in [2.45, 2.75) is 6.42 Å². The highest BCUT2D eigenvalue weighted by Gasteiger charge is 2.06. The molecule has 0 atom stereocenters. The summed E-state index contributed by atoms with van der Waals surface area (Å²) in [6.07, 6.45) is 6.09. The molecule has 2 heterocycles. The Morgan fingerprint density at radius 2 is 1.65 bits per heavy atom. The lowest BCUT2D eigenvalue weighted by Crippen LogP contribution is -1.97. The number of rotatable bonds is 5. The van der Waals surface area contributed by atoms with Gasteiger partial charge in [0, 0.05) is 29.5 Å². The van der Waals surface area contributed by atoms with Crippen LogP contribution in [0, 0.1) is 0 Å². The Kier molecular flexibility index (Phi) is 4.43. The summed E-state index contributed by atoms with van der Waals surface area (Å²) in [5.74, 6) is 1.56. The number of ether oxygens (including phenoxy) is 1. The molecular formula is C21H18N4O. The molecule has 0 amide bonds. The molecule has 0 saturated heterocycles. The van der Waals surface area contributed by atoms with Crippen molar-refractivity contribution in [3.8, 4) is 5.75 Å². The van der Waals surface area contributed by atoms with Crippen LogP contribution in [0.5, 0.6) is 5.75 Å². The standard InChI is InChI=1S/C21H18N4O/c1-26-18-6-7-19-20(13-18)23-14-24-21(19)25-17-4-2-15(3-5-17)12-16-8-10-22-11-9-16/h2-11,13-14H,12H2,1H3,(H,23,24,25). The first-order valence-corrected chi connectivity index (χ1v) is 8.35. The lowest BCUT2D eigenvalue weighted by Gasteiger charge is -2.10. The van der Waals surface area contributed by atoms with Gasteiger partial charge in [0.1, 0.15) is 17.9 Å². The van der Waals surface area contributed by atoms with Gasteiger partial charge in [0.2, 0.25) is 0 Å². The fraction of sp³-hybridized carbons (Fsp3) is 0.0952. The number of hydrogen-bond donors (Lipinski definition) is 1. The summed E-state index contributed by atoms with van der Waals surface area (Å²) in [5.41, 5.74) is 4.32. The number of benzene rings is 2. The molecule has 5 heteroatoms. The van der Waals surface area contributed by atoms with Crippen molar-refractivity contribution < 1.29 is 4.74 Å². The topological polar surface area (TPSA) is 59.9 Å². The van der Waals surface area contributed by atoms with Gasteiger partial charge in [-0.05, 0) is 53.9 Å². The number of methoxy groups -OCH3 is 1. The summed E-state index contributed by atoms with van der Waals surface area (Å²) < 4.78 is 5.26. The molecule has 0 spiro atoms. The van der Waals surface area contributed by atoms with E-state index in [1.807, 2.05) is 42.7 Å². The SMILES string of the molecule is COc1ccc2c(Nc3ccc(Cc4ccncc4)cc3)ncnc2c1. The van der Waals surface area contributed by atoms with Crippen LogP contribution in [-0.4, -0.2) is 22.1 Å². The van der Waals surface area contributed by atoms with Crippen LogP contribution >= 0.6 is 0 Å². The van der Waals surface area contributed by atoms with Crippen LogP contribution in [0.15, 0.2) is 73.3 Å². The molecule has 26 heavy (non-hydrogen) atoms. The van der Waals surface area contributed by atoms with Gasteiger partial charge in [0.25, 0.3) is 0 Å². The molecule has 0 saturated carbocycles. The summed E-state index contributed by atoms with van der Waals surface area (Å²) in [5, 5.41) is 4.33. The zero-order chi connectivity index (χ0) is 17.8. The van der Waals surface area contributed by atoms with Crippen LogP contribution in [0.1, 0.15) is 11.1 Å². The van der Waals surface area contributed by atoms with E-state index in [9.17, 15) is 0 Å². The molecule has 1 N–H and O–H groups in total. The Bertz CT molecular complexity index is 1020. The molecular weight excluding hydrogens is 324 g/mol. The number of pyridine rings is 1. The second-order valence-electron chi connectivity index (χ2n) is 5.96. The van der Waals surface area contributed by atoms with Crippen molar-refractivity contribution in [2.24, 2.45) is 0 Å². The van der Waals surface area contributed by atoms with E-state index in [0.717, 1.165) is 34.6 Å². The van der Waals surface area contributed by atoms with E-state index < -0.39 is 0 Å². The molecule has 0 aliphatic heterocycles. The lowest BCUT2D eigenvalue weighted by molar-refractivity contribution is 0.415. The van der Waals surface area contributed by atoms with Gasteiger partial charge in [-0.15, -0.1) is 0 Å². The zero-order valence-electron chi connectivity index (χ0n) is 14.4. The molecule has 4 aromatic rings. The van der Waals surface area contributed by atoms with Gasteiger partial charge in [-0.1, -0.05) is 12.1 Å². The third-order valence-corrected chi connectivity index (χ3v) is 4.22. The Hall–Kier alpha value is -3.47. The zero-order valence-corrected chi connectivity index (χ0v) is 14.4. The van der Waals surface area contributed by atoms with Gasteiger partial charge in [0.05, 0.1) is 12.6 Å². The van der Waals surface area contributed by atoms with Gasteiger partial charge in [-0.25, -0.2) is 9.97 Å². The second-order valence-corrected chi connectivity index (χ2v) is 5.96. The summed E-state index contributed by atoms with van der Waals surface area (Å²) in [6, 6.07) is 18.2. The smallest absolute Gasteiger partial charge is 0.141 e. The molecule has 0 fully saturated rings. The van der Waals surface area contributed by atoms with Crippen LogP contribution in [0.2, 0.25) is 0 Å². The van der Waals surface area contributed by atoms with Gasteiger partial charge in [-0.2, -0.15) is 0 Å². The van der Waals surface area contributed by atoms with E-state index in [0.29, 0.717) is 0 Å². The van der Waals surface area contributed by atoms with E-state index in [-0.39, 0.29) is 0 Å². The summed E-state index contributed by atoms with van der Waals surface area (Å²) in [7, 11) is 1.65. The van der Waals surface area contributed by atoms with Crippen LogP contribution in [-0.2, 0) is 6.42 Å². The Morgan fingerprint density at radius 1 is 0.885 bits per heavy atom. The third kappa shape index (κ3) is 3.47. The first-order chi connectivity index (χ1) is 12.8. The second kappa shape index (κ2) is 7.19. The first kappa shape index (κ1) is 16.0. The van der Waals surface area contributed by atoms with E-state index in [1.165, 1.54) is 11.1 Å². The molecule has 5 nitrogen and oxygen atoms in total. The largest absolute Gasteiger partial charge is 0.497 e. The summed E-state index contributed by atoms with van der Waals surface area (Å²) in [4.78, 5) is 12.7. The molecule has 2 aromatic heterocycles. The molecule has 0 bridgehead atoms. The Balaban J connectivity index is 1.55. The minimum absolute atomic E-state index is 0.777. The lowest BCUT2D eigenvalue weighted by atomic mass is 10.1. The quantitative estimate of drug-likeness (QED) is 0.584. The van der Waals surface area contributed by atoms with E-state index in [2.05, 4.69) is 44.5 Å². The van der Waals surface area contributed by atoms with Crippen molar-refractivity contribution in [3.63, 3.8) is 0 Å². The van der Waals surface area contributed by atoms with Gasteiger partial charge >= 0.3 is 0 Å². The monoisotopic (exact) mass is 342 g/mol. The van der Waals surface area contributed by atoms with Crippen molar-refractivity contribution in [1.82, 2.24) is 15.0 Å². The predicted molar refractivity (Wildman–Crippen MR) is 103 cm³/mol. The van der Waals surface area contributed by atoms with Gasteiger partial charge in [-0.3, -0.25) is 4.98 Å². The van der Waals surface area contributed by atoms with E-state index in [4.69, 9.17) is 4.74 Å². The fourth-order valence-electron chi connectivity index (χ4n) is 2.84. The molecule has 0 aliphatic carbocycles. The number of nitrogens with zero attached hydrogens (tertiary/aromatic N) is 3. The minimum Gasteiger partial charge on any atom is -0.497 e. The Morgan fingerprint density at radius 3 is 2.42 bits per heavy atom. The van der Waals surface area contributed by atoms with Crippen LogP contribution in [0.3, 0.4) is 0 Å². The van der Waals surface area contributed by atoms with Crippen LogP contribution < -0.4 is 10.1 Å². The number of fused-ring (bicyclic) bond motifs is 1. The number of anilines is 2. The average molecular weight is 342 g/mol. The van der Waals surface area contributed by atoms with Crippen molar-refractivity contribution in [1.29, 1.82) is 0 Å². The molecule has 2 aromatic carbocycles. The fourth-order valence-corrected chi connectivity index (χ4v) is 2.84. The van der Waals surface area contributed by atoms with Crippen LogP contribution in [0.25, 0.3) is 10.9 Å². The number of aromatic nitrogens is 3. The number of nitrogens with one attached hydrogen (secondary N) is 1. The molecule has 0 aliphatic rings. The average Bonchev–Trinajstić information content (AvgIpc) is 2.70. The molecule has 128 valence electrons. The third-order valence-electron chi connectivity index (χ3n) is 4.22. The highest BCUT2D eigenvalue weighted by atomic mass is 16.5. The summed E-state index contributed by atoms with van der Waals surface area (Å²) in [6.45, 7) is 0. The van der Waals surface area contributed by atoms with Gasteiger partial charge in [0.15, 0.2) is 0 Å². The predicted octanol–water partition coefficient (Wildman–Crippen LogP) is 4.37. The van der Waals surface area contributed by atoms with Crippen LogP contribution in [0.4, 0.5) is 11.5 Å². The molecule has 0 radical (unpaired) electrons. The summed E-state index contributed by atoms with van der Waals surface area (Å²) >= 11 is 0. The van der Waals surface area contributed by atoms with Crippen molar-refractivity contribution in [2.75, 3.05) is 12.4 Å². The Labute approximate surface area is 151 Å². The normalized spacial score (nSPS) is 10.7. The first-order valence-electron chi connectivity index (χ1n) is 8.35. The number of hydrogen-bond acceptors (Lipinski definition) is 5. The molecule has 0 unspecified atom stereocenters. The maximum Gasteiger partial charge on any atom is 0.141 e. The van der Waals surface area contributed by atoms with E-state index >= 15 is 0 Å². The van der Waals surface area contributed by atoms with Crippen molar-refractivity contribution >= 4 is 22.4 Å². The molecule has 4 rings (SSSR count).